The van der Waals surface area contributed by atoms with Crippen LogP contribution in [0.1, 0.15) is 32.3 Å². The highest BCUT2D eigenvalue weighted by molar-refractivity contribution is 6.31. The molecule has 2 rings (SSSR count). The van der Waals surface area contributed by atoms with E-state index in [2.05, 4.69) is 19.2 Å². The summed E-state index contributed by atoms with van der Waals surface area (Å²) in [6.07, 6.45) is 1.21. The molecule has 0 bridgehead atoms. The van der Waals surface area contributed by atoms with E-state index in [4.69, 9.17) is 11.6 Å². The summed E-state index contributed by atoms with van der Waals surface area (Å²) >= 11 is 6.12. The molecule has 1 saturated heterocycles. The van der Waals surface area contributed by atoms with E-state index in [0.29, 0.717) is 24.0 Å². The number of hydrogen-bond acceptors (Lipinski definition) is 2. The number of hydrogen-bond donors (Lipinski definition) is 1. The van der Waals surface area contributed by atoms with Crippen LogP contribution in [0, 0.1) is 18.8 Å². The molecular formula is C17H23ClN2O2. The summed E-state index contributed by atoms with van der Waals surface area (Å²) < 4.78 is 0. The van der Waals surface area contributed by atoms with Crippen molar-refractivity contribution in [2.24, 2.45) is 11.8 Å². The van der Waals surface area contributed by atoms with Gasteiger partial charge in [-0.1, -0.05) is 31.5 Å². The first-order chi connectivity index (χ1) is 10.4. The average Bonchev–Trinajstić information content (AvgIpc) is 2.83. The van der Waals surface area contributed by atoms with E-state index < -0.39 is 0 Å². The van der Waals surface area contributed by atoms with Crippen LogP contribution < -0.4 is 10.2 Å². The number of rotatable bonds is 5. The Balaban J connectivity index is 1.98. The van der Waals surface area contributed by atoms with E-state index >= 15 is 0 Å². The average molecular weight is 323 g/mol. The Hall–Kier alpha value is -1.55. The summed E-state index contributed by atoms with van der Waals surface area (Å²) in [6, 6.07) is 5.55. The first kappa shape index (κ1) is 16.8. The Morgan fingerprint density at radius 3 is 2.82 bits per heavy atom. The summed E-state index contributed by atoms with van der Waals surface area (Å²) in [5.74, 6) is 0.218. The molecule has 1 aliphatic heterocycles. The molecule has 5 heteroatoms. The van der Waals surface area contributed by atoms with Crippen LogP contribution in [-0.2, 0) is 9.59 Å². The Bertz CT molecular complexity index is 572. The molecule has 0 aromatic heterocycles. The van der Waals surface area contributed by atoms with Gasteiger partial charge < -0.3 is 10.2 Å². The molecule has 0 saturated carbocycles. The minimum Gasteiger partial charge on any atom is -0.356 e. The molecule has 1 fully saturated rings. The molecule has 2 amide bonds. The summed E-state index contributed by atoms with van der Waals surface area (Å²) in [7, 11) is 0. The van der Waals surface area contributed by atoms with Crippen molar-refractivity contribution in [1.82, 2.24) is 5.32 Å². The van der Waals surface area contributed by atoms with Gasteiger partial charge in [0.2, 0.25) is 11.8 Å². The van der Waals surface area contributed by atoms with Crippen LogP contribution in [0.25, 0.3) is 0 Å². The number of amides is 2. The summed E-state index contributed by atoms with van der Waals surface area (Å²) in [5.41, 5.74) is 1.73. The van der Waals surface area contributed by atoms with Crippen molar-refractivity contribution in [3.05, 3.63) is 28.8 Å². The zero-order chi connectivity index (χ0) is 16.3. The first-order valence-corrected chi connectivity index (χ1v) is 8.10. The van der Waals surface area contributed by atoms with Crippen molar-refractivity contribution in [3.63, 3.8) is 0 Å². The van der Waals surface area contributed by atoms with Gasteiger partial charge >= 0.3 is 0 Å². The van der Waals surface area contributed by atoms with E-state index in [1.54, 1.807) is 11.0 Å². The van der Waals surface area contributed by atoms with E-state index in [1.165, 1.54) is 0 Å². The fourth-order valence-corrected chi connectivity index (χ4v) is 2.69. The maximum atomic E-state index is 12.2. The molecule has 1 aromatic carbocycles. The van der Waals surface area contributed by atoms with Gasteiger partial charge in [-0.15, -0.1) is 0 Å². The maximum Gasteiger partial charge on any atom is 0.227 e. The molecule has 0 radical (unpaired) electrons. The van der Waals surface area contributed by atoms with Gasteiger partial charge in [0, 0.05) is 30.2 Å². The lowest BCUT2D eigenvalue weighted by molar-refractivity contribution is -0.126. The van der Waals surface area contributed by atoms with Gasteiger partial charge in [0.25, 0.3) is 0 Å². The third-order valence-electron chi connectivity index (χ3n) is 3.98. The molecule has 120 valence electrons. The quantitative estimate of drug-likeness (QED) is 0.905. The molecule has 0 aliphatic carbocycles. The van der Waals surface area contributed by atoms with Gasteiger partial charge in [-0.05, 0) is 37.0 Å². The van der Waals surface area contributed by atoms with E-state index in [0.717, 1.165) is 17.7 Å². The summed E-state index contributed by atoms with van der Waals surface area (Å²) in [6.45, 7) is 7.24. The number of halogens is 1. The summed E-state index contributed by atoms with van der Waals surface area (Å²) in [5, 5.41) is 3.56. The lowest BCUT2D eigenvalue weighted by Crippen LogP contribution is -2.33. The number of carbonyl (C=O) groups excluding carboxylic acids is 2. The molecule has 0 spiro atoms. The number of carbonyl (C=O) groups is 2. The number of aryl methyl sites for hydroxylation is 1. The van der Waals surface area contributed by atoms with Crippen molar-refractivity contribution in [3.8, 4) is 0 Å². The topological polar surface area (TPSA) is 49.4 Å². The third-order valence-corrected chi connectivity index (χ3v) is 4.39. The van der Waals surface area contributed by atoms with E-state index in [9.17, 15) is 9.59 Å². The van der Waals surface area contributed by atoms with Crippen LogP contribution in [0.15, 0.2) is 18.2 Å². The Morgan fingerprint density at radius 1 is 1.45 bits per heavy atom. The second kappa shape index (κ2) is 7.14. The normalized spacial score (nSPS) is 18.1. The highest BCUT2D eigenvalue weighted by atomic mass is 35.5. The van der Waals surface area contributed by atoms with Crippen molar-refractivity contribution in [2.75, 3.05) is 18.0 Å². The van der Waals surface area contributed by atoms with Crippen LogP contribution >= 0.6 is 11.6 Å². The molecule has 1 N–H and O–H groups in total. The number of benzene rings is 1. The molecule has 1 aliphatic rings. The van der Waals surface area contributed by atoms with Crippen LogP contribution in [0.5, 0.6) is 0 Å². The van der Waals surface area contributed by atoms with Gasteiger partial charge in [0.15, 0.2) is 0 Å². The van der Waals surface area contributed by atoms with Gasteiger partial charge in [-0.3, -0.25) is 9.59 Å². The van der Waals surface area contributed by atoms with Crippen LogP contribution in [-0.4, -0.2) is 24.9 Å². The van der Waals surface area contributed by atoms with Gasteiger partial charge in [0.05, 0.1) is 5.92 Å². The SMILES string of the molecule is Cc1ccc(N2C[C@H](C(=O)NCCC(C)C)CC2=O)cc1Cl. The smallest absolute Gasteiger partial charge is 0.227 e. The van der Waals surface area contributed by atoms with E-state index in [1.807, 2.05) is 19.1 Å². The molecule has 4 nitrogen and oxygen atoms in total. The molecule has 1 aromatic rings. The Labute approximate surface area is 136 Å². The number of anilines is 1. The zero-order valence-corrected chi connectivity index (χ0v) is 14.1. The minimum absolute atomic E-state index is 0.0241. The predicted molar refractivity (Wildman–Crippen MR) is 89.1 cm³/mol. The van der Waals surface area contributed by atoms with Crippen molar-refractivity contribution < 1.29 is 9.59 Å². The standard InChI is InChI=1S/C17H23ClN2O2/c1-11(2)6-7-19-17(22)13-8-16(21)20(10-13)14-5-4-12(3)15(18)9-14/h4-5,9,11,13H,6-8,10H2,1-3H3,(H,19,22)/t13-/m1/s1. The van der Waals surface area contributed by atoms with Crippen molar-refractivity contribution >= 4 is 29.1 Å². The monoisotopic (exact) mass is 322 g/mol. The predicted octanol–water partition coefficient (Wildman–Crippen LogP) is 3.16. The highest BCUT2D eigenvalue weighted by Gasteiger charge is 2.35. The molecule has 22 heavy (non-hydrogen) atoms. The minimum atomic E-state index is -0.278. The van der Waals surface area contributed by atoms with Crippen LogP contribution in [0.4, 0.5) is 5.69 Å². The van der Waals surface area contributed by atoms with Crippen LogP contribution in [0.2, 0.25) is 5.02 Å². The second-order valence-corrected chi connectivity index (χ2v) is 6.72. The van der Waals surface area contributed by atoms with Crippen molar-refractivity contribution in [2.45, 2.75) is 33.6 Å². The van der Waals surface area contributed by atoms with Gasteiger partial charge in [-0.25, -0.2) is 0 Å². The fourth-order valence-electron chi connectivity index (χ4n) is 2.51. The molecule has 0 unspecified atom stereocenters. The number of nitrogens with zero attached hydrogens (tertiary/aromatic N) is 1. The van der Waals surface area contributed by atoms with Gasteiger partial charge in [0.1, 0.15) is 0 Å². The Kier molecular flexibility index (Phi) is 5.46. The summed E-state index contributed by atoms with van der Waals surface area (Å²) in [4.78, 5) is 26.0. The van der Waals surface area contributed by atoms with Crippen molar-refractivity contribution in [1.29, 1.82) is 0 Å². The molecule has 1 atom stereocenters. The van der Waals surface area contributed by atoms with E-state index in [-0.39, 0.29) is 24.2 Å². The maximum absolute atomic E-state index is 12.2. The lowest BCUT2D eigenvalue weighted by atomic mass is 10.1. The fraction of sp³-hybridized carbons (Fsp3) is 0.529. The second-order valence-electron chi connectivity index (χ2n) is 6.31. The highest BCUT2D eigenvalue weighted by Crippen LogP contribution is 2.28. The van der Waals surface area contributed by atoms with Gasteiger partial charge in [-0.2, -0.15) is 0 Å². The van der Waals surface area contributed by atoms with Crippen LogP contribution in [0.3, 0.4) is 0 Å². The molecule has 1 heterocycles. The lowest BCUT2D eigenvalue weighted by Gasteiger charge is -2.17. The largest absolute Gasteiger partial charge is 0.356 e. The Morgan fingerprint density at radius 2 is 2.18 bits per heavy atom. The molecular weight excluding hydrogens is 300 g/mol. The third kappa shape index (κ3) is 4.01. The zero-order valence-electron chi connectivity index (χ0n) is 13.4. The first-order valence-electron chi connectivity index (χ1n) is 7.72. The number of nitrogens with one attached hydrogen (secondary N) is 1.